The smallest absolute Gasteiger partial charge is 0.127 e. The number of nitrogens with two attached hydrogens (primary N) is 1. The summed E-state index contributed by atoms with van der Waals surface area (Å²) in [6, 6.07) is 16.2. The summed E-state index contributed by atoms with van der Waals surface area (Å²) >= 11 is 0. The first-order valence-corrected chi connectivity index (χ1v) is 8.83. The van der Waals surface area contributed by atoms with Crippen molar-refractivity contribution in [1.82, 2.24) is 0 Å². The lowest BCUT2D eigenvalue weighted by Gasteiger charge is -2.24. The van der Waals surface area contributed by atoms with Crippen molar-refractivity contribution in [1.29, 1.82) is 0 Å². The highest BCUT2D eigenvalue weighted by Crippen LogP contribution is 2.25. The Hall–Kier alpha value is -1.88. The second-order valence-electron chi connectivity index (χ2n) is 7.01. The van der Waals surface area contributed by atoms with Crippen LogP contribution in [-0.2, 0) is 6.42 Å². The maximum atomic E-state index is 9.21. The van der Waals surface area contributed by atoms with Crippen LogP contribution in [0.15, 0.2) is 48.5 Å². The van der Waals surface area contributed by atoms with E-state index in [9.17, 15) is 10.2 Å². The highest BCUT2D eigenvalue weighted by molar-refractivity contribution is 5.36. The van der Waals surface area contributed by atoms with Crippen LogP contribution < -0.4 is 10.5 Å². The number of hydrogen-bond donors (Lipinski definition) is 3. The summed E-state index contributed by atoms with van der Waals surface area (Å²) in [6.45, 7) is 3.92. The number of aryl methyl sites for hydroxylation is 1. The van der Waals surface area contributed by atoms with Crippen LogP contribution in [-0.4, -0.2) is 29.0 Å². The summed E-state index contributed by atoms with van der Waals surface area (Å²) in [5.41, 5.74) is 7.44. The first kappa shape index (κ1) is 19.4. The summed E-state index contributed by atoms with van der Waals surface area (Å²) in [7, 11) is 0. The Kier molecular flexibility index (Phi) is 7.00. The predicted molar refractivity (Wildman–Crippen MR) is 101 cm³/mol. The van der Waals surface area contributed by atoms with Gasteiger partial charge in [0.15, 0.2) is 0 Å². The Morgan fingerprint density at radius 1 is 1.00 bits per heavy atom. The van der Waals surface area contributed by atoms with Crippen LogP contribution in [0, 0.1) is 0 Å². The number of benzene rings is 2. The lowest BCUT2D eigenvalue weighted by atomic mass is 9.94. The molecule has 0 aliphatic carbocycles. The summed E-state index contributed by atoms with van der Waals surface area (Å²) in [5.74, 6) is 2.12. The molecular formula is C21H29NO3. The molecule has 4 N–H and O–H groups in total. The van der Waals surface area contributed by atoms with E-state index >= 15 is 0 Å². The van der Waals surface area contributed by atoms with Gasteiger partial charge in [0.25, 0.3) is 0 Å². The van der Waals surface area contributed by atoms with Gasteiger partial charge in [-0.25, -0.2) is 0 Å². The van der Waals surface area contributed by atoms with Gasteiger partial charge in [0.05, 0.1) is 18.8 Å². The number of aliphatic hydroxyl groups excluding tert-OH is 2. The van der Waals surface area contributed by atoms with Crippen molar-refractivity contribution in [2.75, 3.05) is 13.2 Å². The fourth-order valence-corrected chi connectivity index (χ4v) is 2.65. The zero-order valence-electron chi connectivity index (χ0n) is 15.1. The molecule has 4 nitrogen and oxygen atoms in total. The maximum absolute atomic E-state index is 9.21. The molecule has 0 unspecified atom stereocenters. The van der Waals surface area contributed by atoms with Crippen LogP contribution in [0.3, 0.4) is 0 Å². The van der Waals surface area contributed by atoms with Gasteiger partial charge in [-0.05, 0) is 60.6 Å². The molecular weight excluding hydrogens is 314 g/mol. The Morgan fingerprint density at radius 3 is 2.28 bits per heavy atom. The van der Waals surface area contributed by atoms with Crippen LogP contribution >= 0.6 is 0 Å². The molecule has 0 spiro atoms. The van der Waals surface area contributed by atoms with E-state index < -0.39 is 5.54 Å². The predicted octanol–water partition coefficient (Wildman–Crippen LogP) is 3.61. The zero-order valence-corrected chi connectivity index (χ0v) is 15.1. The van der Waals surface area contributed by atoms with E-state index in [2.05, 4.69) is 26.0 Å². The minimum Gasteiger partial charge on any atom is -0.457 e. The molecule has 0 saturated carbocycles. The fourth-order valence-electron chi connectivity index (χ4n) is 2.65. The zero-order chi connectivity index (χ0) is 18.3. The lowest BCUT2D eigenvalue weighted by molar-refractivity contribution is 0.113. The summed E-state index contributed by atoms with van der Waals surface area (Å²) < 4.78 is 5.93. The van der Waals surface area contributed by atoms with E-state index in [1.54, 1.807) is 0 Å². The fraction of sp³-hybridized carbons (Fsp3) is 0.429. The maximum Gasteiger partial charge on any atom is 0.127 e. The van der Waals surface area contributed by atoms with Gasteiger partial charge in [-0.3, -0.25) is 0 Å². The van der Waals surface area contributed by atoms with E-state index in [0.717, 1.165) is 24.3 Å². The van der Waals surface area contributed by atoms with Crippen molar-refractivity contribution < 1.29 is 14.9 Å². The Morgan fingerprint density at radius 2 is 1.68 bits per heavy atom. The molecule has 0 radical (unpaired) electrons. The molecule has 0 saturated heterocycles. The van der Waals surface area contributed by atoms with Gasteiger partial charge in [-0.1, -0.05) is 38.1 Å². The molecule has 0 atom stereocenters. The molecule has 0 amide bonds. The molecule has 136 valence electrons. The molecule has 2 aromatic rings. The largest absolute Gasteiger partial charge is 0.457 e. The topological polar surface area (TPSA) is 75.7 Å². The highest BCUT2D eigenvalue weighted by Gasteiger charge is 2.22. The van der Waals surface area contributed by atoms with Crippen molar-refractivity contribution in [3.63, 3.8) is 0 Å². The molecule has 2 rings (SSSR count). The van der Waals surface area contributed by atoms with Gasteiger partial charge >= 0.3 is 0 Å². The lowest BCUT2D eigenvalue weighted by Crippen LogP contribution is -2.47. The van der Waals surface area contributed by atoms with Gasteiger partial charge in [-0.2, -0.15) is 0 Å². The third-order valence-electron chi connectivity index (χ3n) is 4.45. The molecule has 2 aromatic carbocycles. The summed E-state index contributed by atoms with van der Waals surface area (Å²) in [5, 5.41) is 18.4. The molecule has 0 heterocycles. The SMILES string of the molecule is CC(C)c1cccc(Oc2ccc(CCCC(N)(CO)CO)cc2)c1. The van der Waals surface area contributed by atoms with Gasteiger partial charge in [0.2, 0.25) is 0 Å². The number of rotatable bonds is 9. The van der Waals surface area contributed by atoms with Crippen LogP contribution in [0.1, 0.15) is 43.7 Å². The summed E-state index contributed by atoms with van der Waals surface area (Å²) in [4.78, 5) is 0. The number of ether oxygens (including phenoxy) is 1. The second-order valence-corrected chi connectivity index (χ2v) is 7.01. The number of aliphatic hydroxyl groups is 2. The highest BCUT2D eigenvalue weighted by atomic mass is 16.5. The second kappa shape index (κ2) is 8.99. The average Bonchev–Trinajstić information content (AvgIpc) is 2.63. The van der Waals surface area contributed by atoms with Crippen molar-refractivity contribution in [2.24, 2.45) is 5.73 Å². The molecule has 0 bridgehead atoms. The third-order valence-corrected chi connectivity index (χ3v) is 4.45. The minimum atomic E-state index is -0.884. The van der Waals surface area contributed by atoms with Crippen molar-refractivity contribution >= 4 is 0 Å². The monoisotopic (exact) mass is 343 g/mol. The Labute approximate surface area is 150 Å². The van der Waals surface area contributed by atoms with Crippen LogP contribution in [0.25, 0.3) is 0 Å². The van der Waals surface area contributed by atoms with Crippen LogP contribution in [0.5, 0.6) is 11.5 Å². The van der Waals surface area contributed by atoms with Gasteiger partial charge in [0.1, 0.15) is 11.5 Å². The average molecular weight is 343 g/mol. The van der Waals surface area contributed by atoms with E-state index in [-0.39, 0.29) is 13.2 Å². The molecule has 4 heteroatoms. The van der Waals surface area contributed by atoms with Crippen LogP contribution in [0.2, 0.25) is 0 Å². The van der Waals surface area contributed by atoms with Crippen molar-refractivity contribution in [3.8, 4) is 11.5 Å². The van der Waals surface area contributed by atoms with Gasteiger partial charge in [0, 0.05) is 0 Å². The molecule has 0 aromatic heterocycles. The van der Waals surface area contributed by atoms with E-state index in [0.29, 0.717) is 12.3 Å². The number of hydrogen-bond acceptors (Lipinski definition) is 4. The molecule has 0 aliphatic heterocycles. The van der Waals surface area contributed by atoms with Crippen molar-refractivity contribution in [3.05, 3.63) is 59.7 Å². The first-order valence-electron chi connectivity index (χ1n) is 8.83. The van der Waals surface area contributed by atoms with E-state index in [1.807, 2.05) is 36.4 Å². The van der Waals surface area contributed by atoms with Gasteiger partial charge < -0.3 is 20.7 Å². The normalized spacial score (nSPS) is 11.8. The minimum absolute atomic E-state index is 0.203. The summed E-state index contributed by atoms with van der Waals surface area (Å²) in [6.07, 6.45) is 2.25. The van der Waals surface area contributed by atoms with Crippen molar-refractivity contribution in [2.45, 2.75) is 44.6 Å². The quantitative estimate of drug-likeness (QED) is 0.650. The Bertz CT molecular complexity index is 648. The van der Waals surface area contributed by atoms with E-state index in [4.69, 9.17) is 10.5 Å². The van der Waals surface area contributed by atoms with E-state index in [1.165, 1.54) is 11.1 Å². The first-order chi connectivity index (χ1) is 12.0. The van der Waals surface area contributed by atoms with Gasteiger partial charge in [-0.15, -0.1) is 0 Å². The Balaban J connectivity index is 1.90. The molecule has 0 aliphatic rings. The van der Waals surface area contributed by atoms with Crippen LogP contribution in [0.4, 0.5) is 0 Å². The molecule has 25 heavy (non-hydrogen) atoms. The molecule has 0 fully saturated rings. The third kappa shape index (κ3) is 5.85. The standard InChI is InChI=1S/C21H29NO3/c1-16(2)18-6-3-7-20(13-18)25-19-10-8-17(9-11-19)5-4-12-21(22,14-23)15-24/h3,6-11,13,16,23-24H,4-5,12,14-15,22H2,1-2H3.